The molecule has 0 aliphatic carbocycles. The van der Waals surface area contributed by atoms with Crippen LogP contribution in [-0.4, -0.2) is 48.5 Å². The van der Waals surface area contributed by atoms with Crippen LogP contribution in [0.25, 0.3) is 0 Å². The van der Waals surface area contributed by atoms with Crippen molar-refractivity contribution >= 4 is 23.4 Å². The highest BCUT2D eigenvalue weighted by Gasteiger charge is 2.23. The number of amides is 1. The summed E-state index contributed by atoms with van der Waals surface area (Å²) in [6.45, 7) is 0.586. The van der Waals surface area contributed by atoms with Gasteiger partial charge in [-0.1, -0.05) is 0 Å². The Balaban J connectivity index is 2.12. The molecule has 0 bridgehead atoms. The Hall–Kier alpha value is -2.31. The average Bonchev–Trinajstić information content (AvgIpc) is 2.44. The van der Waals surface area contributed by atoms with Gasteiger partial charge >= 0.3 is 5.97 Å². The number of ether oxygens (including phenoxy) is 1. The molecule has 7 nitrogen and oxygen atoms in total. The highest BCUT2D eigenvalue weighted by molar-refractivity contribution is 5.88. The van der Waals surface area contributed by atoms with E-state index in [0.29, 0.717) is 30.9 Å². The number of nitrogens with zero attached hydrogens (tertiary/aromatic N) is 2. The monoisotopic (exact) mass is 278 g/mol. The zero-order valence-electron chi connectivity index (χ0n) is 11.5. The highest BCUT2D eigenvalue weighted by atomic mass is 16.5. The molecule has 3 N–H and O–H groups in total. The number of carbonyl (C=O) groups excluding carboxylic acids is 2. The molecule has 1 aliphatic rings. The molecule has 1 aromatic rings. The third-order valence-electron chi connectivity index (χ3n) is 3.29. The van der Waals surface area contributed by atoms with E-state index in [1.54, 1.807) is 18.0 Å². The third kappa shape index (κ3) is 2.98. The molecule has 1 aliphatic heterocycles. The second-order valence-corrected chi connectivity index (χ2v) is 4.78. The van der Waals surface area contributed by atoms with Gasteiger partial charge in [0.1, 0.15) is 5.82 Å². The van der Waals surface area contributed by atoms with Gasteiger partial charge in [0.25, 0.3) is 0 Å². The van der Waals surface area contributed by atoms with E-state index in [2.05, 4.69) is 15.0 Å². The molecule has 0 spiro atoms. The Kier molecular flexibility index (Phi) is 4.07. The van der Waals surface area contributed by atoms with Crippen molar-refractivity contribution < 1.29 is 14.3 Å². The maximum absolute atomic E-state index is 11.5. The van der Waals surface area contributed by atoms with Crippen molar-refractivity contribution in [2.24, 2.45) is 0 Å². The summed E-state index contributed by atoms with van der Waals surface area (Å²) in [7, 11) is 3.06. The Morgan fingerprint density at radius 2 is 2.30 bits per heavy atom. The molecule has 1 amide bonds. The number of aromatic nitrogens is 1. The van der Waals surface area contributed by atoms with Crippen LogP contribution in [0.15, 0.2) is 12.1 Å². The van der Waals surface area contributed by atoms with Crippen LogP contribution in [0.5, 0.6) is 0 Å². The summed E-state index contributed by atoms with van der Waals surface area (Å²) in [5.74, 6) is 0.0666. The first-order valence-electron chi connectivity index (χ1n) is 6.36. The molecular formula is C13H18N4O3. The molecule has 1 atom stereocenters. The molecule has 0 aromatic carbocycles. The Morgan fingerprint density at radius 3 is 2.95 bits per heavy atom. The lowest BCUT2D eigenvalue weighted by molar-refractivity contribution is -0.132. The van der Waals surface area contributed by atoms with Gasteiger partial charge < -0.3 is 20.7 Å². The number of piperidine rings is 1. The zero-order chi connectivity index (χ0) is 14.7. The van der Waals surface area contributed by atoms with Crippen molar-refractivity contribution in [2.75, 3.05) is 31.8 Å². The lowest BCUT2D eigenvalue weighted by Gasteiger charge is -2.30. The molecule has 20 heavy (non-hydrogen) atoms. The summed E-state index contributed by atoms with van der Waals surface area (Å²) in [6.07, 6.45) is 1.21. The quantitative estimate of drug-likeness (QED) is 0.781. The number of methoxy groups -OCH3 is 1. The molecule has 1 fully saturated rings. The number of esters is 1. The number of nitrogens with one attached hydrogen (secondary N) is 1. The molecule has 0 radical (unpaired) electrons. The normalized spacial score (nSPS) is 18.8. The van der Waals surface area contributed by atoms with E-state index >= 15 is 0 Å². The van der Waals surface area contributed by atoms with Gasteiger partial charge in [-0.05, 0) is 18.6 Å². The van der Waals surface area contributed by atoms with E-state index in [0.717, 1.165) is 0 Å². The molecule has 108 valence electrons. The minimum absolute atomic E-state index is 0.0698. The first-order valence-corrected chi connectivity index (χ1v) is 6.36. The number of carbonyl (C=O) groups is 2. The number of nitrogens with two attached hydrogens (primary N) is 1. The minimum atomic E-state index is -0.510. The first kappa shape index (κ1) is 14.1. The number of hydrogen-bond donors (Lipinski definition) is 2. The largest absolute Gasteiger partial charge is 0.464 e. The van der Waals surface area contributed by atoms with Gasteiger partial charge in [0.2, 0.25) is 5.91 Å². The number of hydrogen-bond acceptors (Lipinski definition) is 6. The third-order valence-corrected chi connectivity index (χ3v) is 3.29. The summed E-state index contributed by atoms with van der Waals surface area (Å²) in [6, 6.07) is 3.20. The smallest absolute Gasteiger partial charge is 0.356 e. The first-order chi connectivity index (χ1) is 9.51. The Labute approximate surface area is 117 Å². The number of rotatable bonds is 3. The number of nitrogen functional groups attached to an aromatic ring is 1. The van der Waals surface area contributed by atoms with Crippen LogP contribution >= 0.6 is 0 Å². The molecule has 1 unspecified atom stereocenters. The van der Waals surface area contributed by atoms with Crippen molar-refractivity contribution in [2.45, 2.75) is 18.9 Å². The van der Waals surface area contributed by atoms with Crippen molar-refractivity contribution in [1.29, 1.82) is 0 Å². The zero-order valence-corrected chi connectivity index (χ0v) is 11.5. The van der Waals surface area contributed by atoms with Crippen molar-refractivity contribution in [1.82, 2.24) is 9.88 Å². The van der Waals surface area contributed by atoms with E-state index in [4.69, 9.17) is 5.73 Å². The highest BCUT2D eigenvalue weighted by Crippen LogP contribution is 2.20. The van der Waals surface area contributed by atoms with Gasteiger partial charge in [-0.2, -0.15) is 0 Å². The van der Waals surface area contributed by atoms with Crippen LogP contribution in [0.1, 0.15) is 23.3 Å². The molecule has 2 rings (SSSR count). The maximum atomic E-state index is 11.5. The van der Waals surface area contributed by atoms with Gasteiger partial charge in [0, 0.05) is 26.1 Å². The fourth-order valence-electron chi connectivity index (χ4n) is 2.13. The molecule has 1 saturated heterocycles. The van der Waals surface area contributed by atoms with E-state index < -0.39 is 5.97 Å². The second kappa shape index (κ2) is 5.77. The topological polar surface area (TPSA) is 97.5 Å². The molecular weight excluding hydrogens is 260 g/mol. The predicted octanol–water partition coefficient (Wildman–Crippen LogP) is 0.483. The van der Waals surface area contributed by atoms with Gasteiger partial charge in [0.05, 0.1) is 12.8 Å². The predicted molar refractivity (Wildman–Crippen MR) is 74.3 cm³/mol. The van der Waals surface area contributed by atoms with E-state index in [-0.39, 0.29) is 17.6 Å². The Morgan fingerprint density at radius 1 is 1.55 bits per heavy atom. The number of likely N-dealkylation sites (N-methyl/N-ethyl adjacent to an activating group) is 1. The van der Waals surface area contributed by atoms with Gasteiger partial charge in [-0.15, -0.1) is 0 Å². The van der Waals surface area contributed by atoms with Gasteiger partial charge in [-0.3, -0.25) is 4.79 Å². The standard InChI is InChI=1S/C13H18N4O3/c1-17-7-8(3-6-11(17)18)15-12-9(14)4-5-10(16-12)13(19)20-2/h4-5,8H,3,6-7,14H2,1-2H3,(H,15,16). The minimum Gasteiger partial charge on any atom is -0.464 e. The van der Waals surface area contributed by atoms with Crippen LogP contribution < -0.4 is 11.1 Å². The van der Waals surface area contributed by atoms with E-state index in [9.17, 15) is 9.59 Å². The summed E-state index contributed by atoms with van der Waals surface area (Å²) in [4.78, 5) is 28.7. The maximum Gasteiger partial charge on any atom is 0.356 e. The second-order valence-electron chi connectivity index (χ2n) is 4.78. The van der Waals surface area contributed by atoms with E-state index in [1.165, 1.54) is 13.2 Å². The summed E-state index contributed by atoms with van der Waals surface area (Å²) < 4.78 is 4.63. The van der Waals surface area contributed by atoms with Crippen LogP contribution in [0, 0.1) is 0 Å². The number of anilines is 2. The summed E-state index contributed by atoms with van der Waals surface area (Å²) in [5, 5.41) is 3.18. The fourth-order valence-corrected chi connectivity index (χ4v) is 2.13. The van der Waals surface area contributed by atoms with Gasteiger partial charge in [-0.25, -0.2) is 9.78 Å². The number of likely N-dealkylation sites (tertiary alicyclic amines) is 1. The molecule has 0 saturated carbocycles. The van der Waals surface area contributed by atoms with Crippen molar-refractivity contribution in [3.05, 3.63) is 17.8 Å². The summed E-state index contributed by atoms with van der Waals surface area (Å²) >= 11 is 0. The van der Waals surface area contributed by atoms with Crippen LogP contribution in [-0.2, 0) is 9.53 Å². The Bertz CT molecular complexity index is 532. The molecule has 7 heteroatoms. The van der Waals surface area contributed by atoms with Crippen molar-refractivity contribution in [3.8, 4) is 0 Å². The average molecular weight is 278 g/mol. The fraction of sp³-hybridized carbons (Fsp3) is 0.462. The van der Waals surface area contributed by atoms with Crippen LogP contribution in [0.4, 0.5) is 11.5 Å². The van der Waals surface area contributed by atoms with Crippen LogP contribution in [0.3, 0.4) is 0 Å². The molecule has 2 heterocycles. The van der Waals surface area contributed by atoms with Gasteiger partial charge in [0.15, 0.2) is 5.69 Å². The lowest BCUT2D eigenvalue weighted by atomic mass is 10.1. The number of pyridine rings is 1. The SMILES string of the molecule is COC(=O)c1ccc(N)c(NC2CCC(=O)N(C)C2)n1. The summed E-state index contributed by atoms with van der Waals surface area (Å²) in [5.41, 5.74) is 6.51. The van der Waals surface area contributed by atoms with Crippen LogP contribution in [0.2, 0.25) is 0 Å². The lowest BCUT2D eigenvalue weighted by Crippen LogP contribution is -2.43. The van der Waals surface area contributed by atoms with Crippen molar-refractivity contribution in [3.63, 3.8) is 0 Å². The van der Waals surface area contributed by atoms with E-state index in [1.807, 2.05) is 0 Å². The molecule has 1 aromatic heterocycles.